The fraction of sp³-hybridized carbons (Fsp3) is 0.533. The Morgan fingerprint density at radius 1 is 1.29 bits per heavy atom. The van der Waals surface area contributed by atoms with Crippen molar-refractivity contribution in [3.63, 3.8) is 0 Å². The van der Waals surface area contributed by atoms with Crippen LogP contribution < -0.4 is 9.61 Å². The first-order valence-electron chi connectivity index (χ1n) is 7.27. The molecule has 1 N–H and O–H groups in total. The van der Waals surface area contributed by atoms with E-state index in [1.807, 2.05) is 6.07 Å². The van der Waals surface area contributed by atoms with Crippen molar-refractivity contribution in [2.24, 2.45) is 0 Å². The fourth-order valence-corrected chi connectivity index (χ4v) is 3.77. The summed E-state index contributed by atoms with van der Waals surface area (Å²) < 4.78 is 23.2. The topological polar surface area (TPSA) is 64.6 Å². The van der Waals surface area contributed by atoms with Crippen LogP contribution in [0.15, 0.2) is 30.3 Å². The highest BCUT2D eigenvalue weighted by Gasteiger charge is 2.28. The number of rotatable bonds is 6. The molecule has 6 heteroatoms. The minimum atomic E-state index is -3.12. The molecule has 1 saturated carbocycles. The number of ether oxygens (including phenoxy) is 1. The molecule has 0 saturated heterocycles. The van der Waals surface area contributed by atoms with Gasteiger partial charge >= 0.3 is 13.5 Å². The number of hydrogen-bond donors (Lipinski definition) is 1. The zero-order valence-corrected chi connectivity index (χ0v) is 13.3. The van der Waals surface area contributed by atoms with Crippen molar-refractivity contribution in [2.75, 3.05) is 6.66 Å². The molecule has 2 rings (SSSR count). The standard InChI is InChI=1S/C15H22NO4P/c1-12(15(17)19-13-8-6-7-9-13)16-21(2,18)20-14-10-4-3-5-11-14/h3-5,10-13H,6-9H2,1-2H3,(H,16,18)/t12-,21?/m1/s1. The predicted octanol–water partition coefficient (Wildman–Crippen LogP) is 3.35. The van der Waals surface area contributed by atoms with Crippen molar-refractivity contribution in [1.82, 2.24) is 5.09 Å². The molecule has 1 fully saturated rings. The maximum atomic E-state index is 12.4. The number of benzene rings is 1. The minimum Gasteiger partial charge on any atom is -0.461 e. The quantitative estimate of drug-likeness (QED) is 0.644. The van der Waals surface area contributed by atoms with E-state index in [9.17, 15) is 9.36 Å². The van der Waals surface area contributed by atoms with Gasteiger partial charge in [-0.05, 0) is 44.7 Å². The van der Waals surface area contributed by atoms with Crippen LogP contribution in [-0.4, -0.2) is 24.8 Å². The molecular weight excluding hydrogens is 289 g/mol. The second kappa shape index (κ2) is 7.10. The normalized spacial score (nSPS) is 19.7. The first-order valence-corrected chi connectivity index (χ1v) is 9.34. The summed E-state index contributed by atoms with van der Waals surface area (Å²) in [6, 6.07) is 8.23. The molecular formula is C15H22NO4P. The van der Waals surface area contributed by atoms with Gasteiger partial charge in [0.05, 0.1) is 0 Å². The Labute approximate surface area is 125 Å². The molecule has 0 spiro atoms. The second-order valence-electron chi connectivity index (χ2n) is 5.44. The van der Waals surface area contributed by atoms with E-state index in [-0.39, 0.29) is 12.1 Å². The van der Waals surface area contributed by atoms with E-state index in [0.717, 1.165) is 25.7 Å². The average molecular weight is 311 g/mol. The number of carbonyl (C=O) groups is 1. The minimum absolute atomic E-state index is 0.00744. The van der Waals surface area contributed by atoms with Crippen LogP contribution in [0.25, 0.3) is 0 Å². The molecule has 0 amide bonds. The third-order valence-electron chi connectivity index (χ3n) is 3.39. The van der Waals surface area contributed by atoms with Crippen LogP contribution in [0.2, 0.25) is 0 Å². The van der Waals surface area contributed by atoms with E-state index >= 15 is 0 Å². The number of esters is 1. The van der Waals surface area contributed by atoms with Gasteiger partial charge in [-0.1, -0.05) is 18.2 Å². The lowest BCUT2D eigenvalue weighted by Gasteiger charge is -2.21. The highest BCUT2D eigenvalue weighted by atomic mass is 31.2. The fourth-order valence-electron chi connectivity index (χ4n) is 2.39. The van der Waals surface area contributed by atoms with Crippen LogP contribution in [0, 0.1) is 0 Å². The van der Waals surface area contributed by atoms with Gasteiger partial charge in [-0.2, -0.15) is 0 Å². The zero-order valence-electron chi connectivity index (χ0n) is 12.5. The lowest BCUT2D eigenvalue weighted by Crippen LogP contribution is -2.35. The third-order valence-corrected chi connectivity index (χ3v) is 4.81. The smallest absolute Gasteiger partial charge is 0.323 e. The van der Waals surface area contributed by atoms with Crippen LogP contribution in [0.1, 0.15) is 32.6 Å². The molecule has 2 atom stereocenters. The van der Waals surface area contributed by atoms with E-state index in [1.54, 1.807) is 31.2 Å². The van der Waals surface area contributed by atoms with Crippen molar-refractivity contribution >= 4 is 13.5 Å². The second-order valence-corrected chi connectivity index (χ2v) is 7.58. The third kappa shape index (κ3) is 5.18. The molecule has 5 nitrogen and oxygen atoms in total. The van der Waals surface area contributed by atoms with Gasteiger partial charge in [-0.3, -0.25) is 9.36 Å². The van der Waals surface area contributed by atoms with Crippen molar-refractivity contribution in [3.8, 4) is 5.75 Å². The molecule has 0 aromatic heterocycles. The van der Waals surface area contributed by atoms with Gasteiger partial charge in [-0.15, -0.1) is 0 Å². The number of nitrogens with one attached hydrogen (secondary N) is 1. The van der Waals surface area contributed by atoms with Gasteiger partial charge in [0.25, 0.3) is 0 Å². The first-order chi connectivity index (χ1) is 9.96. The van der Waals surface area contributed by atoms with Gasteiger partial charge in [0, 0.05) is 6.66 Å². The summed E-state index contributed by atoms with van der Waals surface area (Å²) in [6.45, 7) is 3.10. The molecule has 0 aliphatic heterocycles. The highest BCUT2D eigenvalue weighted by Crippen LogP contribution is 2.39. The van der Waals surface area contributed by atoms with E-state index < -0.39 is 13.6 Å². The van der Waals surface area contributed by atoms with Crippen LogP contribution >= 0.6 is 7.52 Å². The summed E-state index contributed by atoms with van der Waals surface area (Å²) in [5.74, 6) is 0.132. The van der Waals surface area contributed by atoms with E-state index in [0.29, 0.717) is 5.75 Å². The molecule has 0 bridgehead atoms. The van der Waals surface area contributed by atoms with Crippen molar-refractivity contribution < 1.29 is 18.6 Å². The lowest BCUT2D eigenvalue weighted by atomic mass is 10.3. The maximum absolute atomic E-state index is 12.4. The van der Waals surface area contributed by atoms with Crippen LogP contribution in [0.4, 0.5) is 0 Å². The molecule has 1 unspecified atom stereocenters. The Balaban J connectivity index is 1.86. The van der Waals surface area contributed by atoms with E-state index in [4.69, 9.17) is 9.26 Å². The summed E-state index contributed by atoms with van der Waals surface area (Å²) in [4.78, 5) is 12.0. The zero-order chi connectivity index (χ0) is 15.3. The highest BCUT2D eigenvalue weighted by molar-refractivity contribution is 7.56. The summed E-state index contributed by atoms with van der Waals surface area (Å²) in [5.41, 5.74) is 0. The Morgan fingerprint density at radius 2 is 1.90 bits per heavy atom. The summed E-state index contributed by atoms with van der Waals surface area (Å²) in [6.07, 6.45) is 4.05. The van der Waals surface area contributed by atoms with Gasteiger partial charge in [-0.25, -0.2) is 5.09 Å². The van der Waals surface area contributed by atoms with Gasteiger partial charge in [0.1, 0.15) is 17.9 Å². The van der Waals surface area contributed by atoms with Crippen LogP contribution in [0.3, 0.4) is 0 Å². The molecule has 0 heterocycles. The van der Waals surface area contributed by atoms with Crippen molar-refractivity contribution in [2.45, 2.75) is 44.8 Å². The van der Waals surface area contributed by atoms with Crippen molar-refractivity contribution in [3.05, 3.63) is 30.3 Å². The molecule has 116 valence electrons. The lowest BCUT2D eigenvalue weighted by molar-refractivity contribution is -0.150. The van der Waals surface area contributed by atoms with Gasteiger partial charge in [0.15, 0.2) is 0 Å². The average Bonchev–Trinajstić information content (AvgIpc) is 2.91. The molecule has 1 aliphatic carbocycles. The number of para-hydroxylation sites is 1. The van der Waals surface area contributed by atoms with Crippen molar-refractivity contribution in [1.29, 1.82) is 0 Å². The molecule has 1 aromatic carbocycles. The summed E-state index contributed by atoms with van der Waals surface area (Å²) in [5, 5.41) is 2.74. The van der Waals surface area contributed by atoms with E-state index in [1.165, 1.54) is 6.66 Å². The van der Waals surface area contributed by atoms with Crippen LogP contribution in [-0.2, 0) is 14.1 Å². The molecule has 1 aliphatic rings. The molecule has 0 radical (unpaired) electrons. The first kappa shape index (κ1) is 16.1. The SMILES string of the molecule is C[C@@H](NP(C)(=O)Oc1ccccc1)C(=O)OC1CCCC1. The predicted molar refractivity (Wildman–Crippen MR) is 81.5 cm³/mol. The summed E-state index contributed by atoms with van der Waals surface area (Å²) >= 11 is 0. The van der Waals surface area contributed by atoms with Gasteiger partial charge < -0.3 is 9.26 Å². The van der Waals surface area contributed by atoms with Crippen LogP contribution in [0.5, 0.6) is 5.75 Å². The van der Waals surface area contributed by atoms with E-state index in [2.05, 4.69) is 5.09 Å². The largest absolute Gasteiger partial charge is 0.461 e. The Morgan fingerprint density at radius 3 is 2.52 bits per heavy atom. The Kier molecular flexibility index (Phi) is 5.43. The monoisotopic (exact) mass is 311 g/mol. The number of hydrogen-bond acceptors (Lipinski definition) is 4. The summed E-state index contributed by atoms with van der Waals surface area (Å²) in [7, 11) is -3.12. The van der Waals surface area contributed by atoms with Gasteiger partial charge in [0.2, 0.25) is 0 Å². The Bertz CT molecular complexity index is 514. The molecule has 1 aromatic rings. The Hall–Kier alpha value is -1.32. The molecule has 21 heavy (non-hydrogen) atoms. The maximum Gasteiger partial charge on any atom is 0.323 e. The number of carbonyl (C=O) groups excluding carboxylic acids is 1.